The summed E-state index contributed by atoms with van der Waals surface area (Å²) in [4.78, 5) is 30.5. The van der Waals surface area contributed by atoms with Crippen LogP contribution in [0.25, 0.3) is 11.3 Å². The monoisotopic (exact) mass is 422 g/mol. The third-order valence-electron chi connectivity index (χ3n) is 5.26. The molecule has 0 unspecified atom stereocenters. The Morgan fingerprint density at radius 1 is 1.16 bits per heavy atom. The second-order valence-corrected chi connectivity index (χ2v) is 7.44. The van der Waals surface area contributed by atoms with Gasteiger partial charge in [0.25, 0.3) is 0 Å². The summed E-state index contributed by atoms with van der Waals surface area (Å²) in [5.41, 5.74) is 7.48. The summed E-state index contributed by atoms with van der Waals surface area (Å²) in [7, 11) is 0. The van der Waals surface area contributed by atoms with E-state index in [1.165, 1.54) is 12.3 Å². The number of nitrogens with two attached hydrogens (primary N) is 1. The summed E-state index contributed by atoms with van der Waals surface area (Å²) >= 11 is 0. The van der Waals surface area contributed by atoms with Gasteiger partial charge in [-0.15, -0.1) is 0 Å². The maximum Gasteiger partial charge on any atom is 0.248 e. The molecule has 3 N–H and O–H groups in total. The quantitative estimate of drug-likeness (QED) is 0.604. The second kappa shape index (κ2) is 8.99. The van der Waals surface area contributed by atoms with Crippen molar-refractivity contribution in [3.8, 4) is 11.3 Å². The molecule has 0 aliphatic carbocycles. The Morgan fingerprint density at radius 2 is 1.94 bits per heavy atom. The number of rotatable bonds is 7. The van der Waals surface area contributed by atoms with E-state index in [2.05, 4.69) is 15.2 Å². The van der Waals surface area contributed by atoms with Crippen LogP contribution < -0.4 is 16.0 Å². The van der Waals surface area contributed by atoms with Crippen LogP contribution >= 0.6 is 0 Å². The molecule has 2 amide bonds. The van der Waals surface area contributed by atoms with E-state index in [4.69, 9.17) is 10.2 Å². The zero-order valence-electron chi connectivity index (χ0n) is 16.9. The third kappa shape index (κ3) is 4.74. The van der Waals surface area contributed by atoms with Crippen molar-refractivity contribution in [3.63, 3.8) is 0 Å². The molecule has 2 aromatic carbocycles. The molecule has 1 aliphatic rings. The fourth-order valence-corrected chi connectivity index (χ4v) is 3.67. The van der Waals surface area contributed by atoms with E-state index in [0.29, 0.717) is 28.5 Å². The zero-order valence-corrected chi connectivity index (χ0v) is 16.9. The predicted molar refractivity (Wildman–Crippen MR) is 115 cm³/mol. The highest BCUT2D eigenvalue weighted by atomic mass is 19.1. The van der Waals surface area contributed by atoms with Gasteiger partial charge in [-0.1, -0.05) is 12.1 Å². The molecule has 0 bridgehead atoms. The lowest BCUT2D eigenvalue weighted by Crippen LogP contribution is -2.22. The Balaban J connectivity index is 1.44. The van der Waals surface area contributed by atoms with E-state index >= 15 is 0 Å². The molecular weight excluding hydrogens is 399 g/mol. The molecule has 1 aromatic heterocycles. The Hall–Kier alpha value is -3.68. The molecule has 0 radical (unpaired) electrons. The summed E-state index contributed by atoms with van der Waals surface area (Å²) in [5, 5.41) is 2.88. The van der Waals surface area contributed by atoms with Crippen molar-refractivity contribution < 1.29 is 18.4 Å². The van der Waals surface area contributed by atoms with Crippen LogP contribution in [0.4, 0.5) is 15.8 Å². The molecule has 2 heterocycles. The molecule has 1 fully saturated rings. The van der Waals surface area contributed by atoms with Crippen LogP contribution in [0.15, 0.2) is 53.1 Å². The highest BCUT2D eigenvalue weighted by Gasteiger charge is 2.19. The van der Waals surface area contributed by atoms with Gasteiger partial charge in [0, 0.05) is 31.5 Å². The van der Waals surface area contributed by atoms with Gasteiger partial charge in [0.2, 0.25) is 11.8 Å². The van der Waals surface area contributed by atoms with Gasteiger partial charge in [-0.2, -0.15) is 0 Å². The normalized spacial score (nSPS) is 13.4. The van der Waals surface area contributed by atoms with Crippen LogP contribution in [0.2, 0.25) is 0 Å². The largest absolute Gasteiger partial charge is 0.441 e. The van der Waals surface area contributed by atoms with Crippen LogP contribution in [-0.2, 0) is 11.2 Å². The maximum absolute atomic E-state index is 13.9. The van der Waals surface area contributed by atoms with Crippen LogP contribution in [0.3, 0.4) is 0 Å². The number of anilines is 2. The summed E-state index contributed by atoms with van der Waals surface area (Å²) < 4.78 is 19.5. The molecule has 160 valence electrons. The number of oxazole rings is 1. The number of benzene rings is 2. The van der Waals surface area contributed by atoms with E-state index in [1.807, 2.05) is 6.07 Å². The average Bonchev–Trinajstić information content (AvgIpc) is 3.45. The van der Waals surface area contributed by atoms with Crippen molar-refractivity contribution in [2.75, 3.05) is 23.3 Å². The number of aromatic nitrogens is 1. The molecule has 7 nitrogen and oxygen atoms in total. The van der Waals surface area contributed by atoms with Gasteiger partial charge in [0.1, 0.15) is 5.82 Å². The van der Waals surface area contributed by atoms with Gasteiger partial charge in [0.15, 0.2) is 11.7 Å². The Kier molecular flexibility index (Phi) is 5.97. The molecule has 3 aromatic rings. The average molecular weight is 422 g/mol. The molecule has 31 heavy (non-hydrogen) atoms. The Labute approximate surface area is 179 Å². The lowest BCUT2D eigenvalue weighted by molar-refractivity contribution is -0.116. The van der Waals surface area contributed by atoms with Crippen molar-refractivity contribution in [2.45, 2.75) is 25.7 Å². The molecule has 1 aliphatic heterocycles. The Bertz CT molecular complexity index is 1110. The number of hydrogen-bond acceptors (Lipinski definition) is 5. The third-order valence-corrected chi connectivity index (χ3v) is 5.26. The first-order chi connectivity index (χ1) is 15.0. The van der Waals surface area contributed by atoms with E-state index in [9.17, 15) is 14.0 Å². The van der Waals surface area contributed by atoms with Crippen molar-refractivity contribution in [2.24, 2.45) is 5.73 Å². The van der Waals surface area contributed by atoms with Gasteiger partial charge in [-0.05, 0) is 43.2 Å². The van der Waals surface area contributed by atoms with Crippen LogP contribution in [0.5, 0.6) is 0 Å². The van der Waals surface area contributed by atoms with E-state index < -0.39 is 11.7 Å². The van der Waals surface area contributed by atoms with Crippen LogP contribution in [-0.4, -0.2) is 29.9 Å². The van der Waals surface area contributed by atoms with Gasteiger partial charge >= 0.3 is 0 Å². The topological polar surface area (TPSA) is 101 Å². The van der Waals surface area contributed by atoms with E-state index in [1.54, 1.807) is 30.3 Å². The number of primary amides is 1. The number of carbonyl (C=O) groups excluding carboxylic acids is 2. The van der Waals surface area contributed by atoms with Crippen molar-refractivity contribution in [1.82, 2.24) is 4.98 Å². The molecule has 0 saturated carbocycles. The first kappa shape index (κ1) is 20.6. The SMILES string of the molecule is NC(=O)c1ccc(N2CCCC2)c(NC(=O)CCc2ncc(-c3ccccc3F)o2)c1. The first-order valence-electron chi connectivity index (χ1n) is 10.2. The number of amides is 2. The maximum atomic E-state index is 13.9. The van der Waals surface area contributed by atoms with Crippen LogP contribution in [0.1, 0.15) is 35.5 Å². The standard InChI is InChI=1S/C23H23FN4O3/c24-17-6-2-1-5-16(17)20-14-26-22(31-20)10-9-21(29)27-18-13-15(23(25)30)7-8-19(18)28-11-3-4-12-28/h1-2,5-8,13-14H,3-4,9-12H2,(H2,25,30)(H,27,29). The summed E-state index contributed by atoms with van der Waals surface area (Å²) in [6.45, 7) is 1.79. The van der Waals surface area contributed by atoms with E-state index in [-0.39, 0.29) is 18.7 Å². The van der Waals surface area contributed by atoms with Crippen molar-refractivity contribution >= 4 is 23.2 Å². The number of hydrogen-bond donors (Lipinski definition) is 2. The number of nitrogens with zero attached hydrogens (tertiary/aromatic N) is 2. The molecule has 1 saturated heterocycles. The van der Waals surface area contributed by atoms with Gasteiger partial charge in [-0.3, -0.25) is 9.59 Å². The summed E-state index contributed by atoms with van der Waals surface area (Å²) in [6.07, 6.45) is 4.00. The van der Waals surface area contributed by atoms with Crippen LogP contribution in [0, 0.1) is 5.82 Å². The lowest BCUT2D eigenvalue weighted by atomic mass is 10.1. The summed E-state index contributed by atoms with van der Waals surface area (Å²) in [6, 6.07) is 11.4. The minimum Gasteiger partial charge on any atom is -0.441 e. The molecular formula is C23H23FN4O3. The number of aryl methyl sites for hydroxylation is 1. The van der Waals surface area contributed by atoms with Gasteiger partial charge in [0.05, 0.1) is 23.1 Å². The molecule has 0 spiro atoms. The first-order valence-corrected chi connectivity index (χ1v) is 10.2. The lowest BCUT2D eigenvalue weighted by Gasteiger charge is -2.22. The number of carbonyl (C=O) groups is 2. The number of nitrogens with one attached hydrogen (secondary N) is 1. The predicted octanol–water partition coefficient (Wildman–Crippen LogP) is 3.75. The number of halogens is 1. The van der Waals surface area contributed by atoms with Crippen molar-refractivity contribution in [3.05, 3.63) is 65.9 Å². The highest BCUT2D eigenvalue weighted by molar-refractivity contribution is 5.99. The second-order valence-electron chi connectivity index (χ2n) is 7.44. The minimum atomic E-state index is -0.552. The van der Waals surface area contributed by atoms with Gasteiger partial charge < -0.3 is 20.4 Å². The minimum absolute atomic E-state index is 0.122. The van der Waals surface area contributed by atoms with E-state index in [0.717, 1.165) is 31.6 Å². The molecule has 0 atom stereocenters. The fraction of sp³-hybridized carbons (Fsp3) is 0.261. The smallest absolute Gasteiger partial charge is 0.248 e. The van der Waals surface area contributed by atoms with Gasteiger partial charge in [-0.25, -0.2) is 9.37 Å². The zero-order chi connectivity index (χ0) is 21.8. The molecule has 8 heteroatoms. The highest BCUT2D eigenvalue weighted by Crippen LogP contribution is 2.30. The van der Waals surface area contributed by atoms with Crippen molar-refractivity contribution in [1.29, 1.82) is 0 Å². The summed E-state index contributed by atoms with van der Waals surface area (Å²) in [5.74, 6) is -0.526. The Morgan fingerprint density at radius 3 is 2.68 bits per heavy atom. The molecule has 4 rings (SSSR count). The fourth-order valence-electron chi connectivity index (χ4n) is 3.67.